The van der Waals surface area contributed by atoms with Gasteiger partial charge in [-0.3, -0.25) is 0 Å². The topological polar surface area (TPSA) is 55.3 Å². The van der Waals surface area contributed by atoms with Crippen molar-refractivity contribution >= 4 is 29.8 Å². The molecule has 1 aliphatic rings. The SMILES string of the molecule is CC(C)(C)OC(=O)N1CCc2nc(-c3ccc(/C=C/c4ccc(Cl)cc4F)cc3)ncc2C1. The number of ether oxygens (including phenoxy) is 1. The molecule has 3 aromatic rings. The van der Waals surface area contributed by atoms with E-state index in [1.165, 1.54) is 6.07 Å². The van der Waals surface area contributed by atoms with Crippen molar-refractivity contribution in [2.45, 2.75) is 39.3 Å². The molecule has 2 heterocycles. The fourth-order valence-corrected chi connectivity index (χ4v) is 3.66. The lowest BCUT2D eigenvalue weighted by atomic mass is 10.1. The van der Waals surface area contributed by atoms with E-state index in [9.17, 15) is 9.18 Å². The minimum absolute atomic E-state index is 0.320. The van der Waals surface area contributed by atoms with Gasteiger partial charge in [0.05, 0.1) is 12.2 Å². The highest BCUT2D eigenvalue weighted by atomic mass is 35.5. The van der Waals surface area contributed by atoms with E-state index in [4.69, 9.17) is 21.3 Å². The first-order valence-electron chi connectivity index (χ1n) is 10.7. The fraction of sp³-hybridized carbons (Fsp3) is 0.269. The Kier molecular flexibility index (Phi) is 6.47. The highest BCUT2D eigenvalue weighted by Gasteiger charge is 2.26. The molecule has 0 atom stereocenters. The number of benzene rings is 2. The third kappa shape index (κ3) is 5.76. The van der Waals surface area contributed by atoms with Crippen LogP contribution in [0.1, 0.15) is 43.2 Å². The van der Waals surface area contributed by atoms with E-state index in [0.717, 1.165) is 22.4 Å². The lowest BCUT2D eigenvalue weighted by Crippen LogP contribution is -2.40. The molecule has 0 spiro atoms. The van der Waals surface area contributed by atoms with E-state index >= 15 is 0 Å². The van der Waals surface area contributed by atoms with Gasteiger partial charge < -0.3 is 9.64 Å². The first kappa shape index (κ1) is 22.9. The quantitative estimate of drug-likeness (QED) is 0.420. The zero-order valence-electron chi connectivity index (χ0n) is 18.8. The molecular weight excluding hydrogens is 441 g/mol. The van der Waals surface area contributed by atoms with Crippen LogP contribution in [0.4, 0.5) is 9.18 Å². The number of rotatable bonds is 3. The summed E-state index contributed by atoms with van der Waals surface area (Å²) in [6, 6.07) is 12.4. The number of carbonyl (C=O) groups is 1. The molecule has 1 aliphatic heterocycles. The number of halogens is 2. The Labute approximate surface area is 197 Å². The molecule has 0 saturated heterocycles. The van der Waals surface area contributed by atoms with Gasteiger partial charge in [0.2, 0.25) is 0 Å². The van der Waals surface area contributed by atoms with Crippen LogP contribution in [0.25, 0.3) is 23.5 Å². The second kappa shape index (κ2) is 9.32. The molecule has 0 N–H and O–H groups in total. The Morgan fingerprint density at radius 1 is 1.15 bits per heavy atom. The van der Waals surface area contributed by atoms with Crippen molar-refractivity contribution in [3.63, 3.8) is 0 Å². The summed E-state index contributed by atoms with van der Waals surface area (Å²) in [7, 11) is 0. The number of amides is 1. The first-order chi connectivity index (χ1) is 15.7. The van der Waals surface area contributed by atoms with Crippen LogP contribution in [0.2, 0.25) is 5.02 Å². The monoisotopic (exact) mass is 465 g/mol. The molecule has 1 amide bonds. The normalized spacial score (nSPS) is 13.8. The lowest BCUT2D eigenvalue weighted by Gasteiger charge is -2.30. The molecule has 0 aliphatic carbocycles. The number of aromatic nitrogens is 2. The maximum Gasteiger partial charge on any atom is 0.410 e. The van der Waals surface area contributed by atoms with Crippen LogP contribution in [0.5, 0.6) is 0 Å². The molecule has 5 nitrogen and oxygen atoms in total. The van der Waals surface area contributed by atoms with Crippen LogP contribution in [-0.2, 0) is 17.7 Å². The van der Waals surface area contributed by atoms with Gasteiger partial charge >= 0.3 is 6.09 Å². The summed E-state index contributed by atoms with van der Waals surface area (Å²) in [6.45, 7) is 6.57. The molecular formula is C26H25ClFN3O2. The Bertz CT molecular complexity index is 1200. The number of carbonyl (C=O) groups excluding carboxylic acids is 1. The molecule has 7 heteroatoms. The van der Waals surface area contributed by atoms with E-state index < -0.39 is 5.60 Å². The van der Waals surface area contributed by atoms with Gasteiger partial charge in [0.25, 0.3) is 0 Å². The van der Waals surface area contributed by atoms with Crippen LogP contribution >= 0.6 is 11.6 Å². The average molecular weight is 466 g/mol. The van der Waals surface area contributed by atoms with Crippen LogP contribution in [0.3, 0.4) is 0 Å². The molecule has 33 heavy (non-hydrogen) atoms. The largest absolute Gasteiger partial charge is 0.444 e. The summed E-state index contributed by atoms with van der Waals surface area (Å²) in [6.07, 6.45) is 5.67. The maximum absolute atomic E-state index is 13.9. The fourth-order valence-electron chi connectivity index (χ4n) is 3.50. The second-order valence-corrected chi connectivity index (χ2v) is 9.38. The second-order valence-electron chi connectivity index (χ2n) is 8.94. The summed E-state index contributed by atoms with van der Waals surface area (Å²) in [5.41, 5.74) is 3.65. The van der Waals surface area contributed by atoms with Crippen molar-refractivity contribution in [3.05, 3.63) is 81.9 Å². The van der Waals surface area contributed by atoms with Gasteiger partial charge in [-0.25, -0.2) is 19.2 Å². The van der Waals surface area contributed by atoms with Crippen molar-refractivity contribution < 1.29 is 13.9 Å². The summed E-state index contributed by atoms with van der Waals surface area (Å²) >= 11 is 5.80. The predicted molar refractivity (Wildman–Crippen MR) is 128 cm³/mol. The first-order valence-corrected chi connectivity index (χ1v) is 11.1. The zero-order chi connectivity index (χ0) is 23.6. The standard InChI is InChI=1S/C26H25ClFN3O2/c1-26(2,3)33-25(32)31-13-12-23-20(16-31)15-29-24(30-23)19-8-5-17(6-9-19)4-7-18-10-11-21(27)14-22(18)28/h4-11,14-15H,12-13,16H2,1-3H3/b7-4+. The Morgan fingerprint density at radius 2 is 1.91 bits per heavy atom. The Morgan fingerprint density at radius 3 is 2.61 bits per heavy atom. The predicted octanol–water partition coefficient (Wildman–Crippen LogP) is 6.40. The van der Waals surface area contributed by atoms with Crippen LogP contribution in [0.15, 0.2) is 48.7 Å². The number of fused-ring (bicyclic) bond motifs is 1. The number of hydrogen-bond acceptors (Lipinski definition) is 4. The molecule has 170 valence electrons. The van der Waals surface area contributed by atoms with Gasteiger partial charge in [-0.2, -0.15) is 0 Å². The van der Waals surface area contributed by atoms with E-state index in [1.807, 2.05) is 51.1 Å². The van der Waals surface area contributed by atoms with Crippen LogP contribution in [-0.4, -0.2) is 33.1 Å². The molecule has 0 bridgehead atoms. The van der Waals surface area contributed by atoms with Crippen LogP contribution < -0.4 is 0 Å². The number of hydrogen-bond donors (Lipinski definition) is 0. The van der Waals surface area contributed by atoms with Crippen molar-refractivity contribution in [2.24, 2.45) is 0 Å². The van der Waals surface area contributed by atoms with Crippen LogP contribution in [0, 0.1) is 5.82 Å². The minimum atomic E-state index is -0.526. The molecule has 4 rings (SSSR count). The maximum atomic E-state index is 13.9. The Hall–Kier alpha value is -3.25. The highest BCUT2D eigenvalue weighted by molar-refractivity contribution is 6.30. The lowest BCUT2D eigenvalue weighted by molar-refractivity contribution is 0.0222. The van der Waals surface area contributed by atoms with Crippen molar-refractivity contribution in [3.8, 4) is 11.4 Å². The molecule has 0 radical (unpaired) electrons. The van der Waals surface area contributed by atoms with Gasteiger partial charge in [-0.15, -0.1) is 0 Å². The smallest absolute Gasteiger partial charge is 0.410 e. The third-order valence-corrected chi connectivity index (χ3v) is 5.41. The summed E-state index contributed by atoms with van der Waals surface area (Å²) in [5, 5.41) is 0.372. The minimum Gasteiger partial charge on any atom is -0.444 e. The van der Waals surface area contributed by atoms with Gasteiger partial charge in [0.15, 0.2) is 5.82 Å². The molecule has 1 aromatic heterocycles. The summed E-state index contributed by atoms with van der Waals surface area (Å²) in [4.78, 5) is 23.3. The van der Waals surface area contributed by atoms with Crippen molar-refractivity contribution in [2.75, 3.05) is 6.54 Å². The summed E-state index contributed by atoms with van der Waals surface area (Å²) in [5.74, 6) is 0.279. The molecule has 0 unspecified atom stereocenters. The van der Waals surface area contributed by atoms with E-state index in [0.29, 0.717) is 35.9 Å². The average Bonchev–Trinajstić information content (AvgIpc) is 2.77. The Balaban J connectivity index is 1.45. The van der Waals surface area contributed by atoms with Gasteiger partial charge in [-0.05, 0) is 38.5 Å². The van der Waals surface area contributed by atoms with E-state index in [1.54, 1.807) is 29.3 Å². The van der Waals surface area contributed by atoms with E-state index in [-0.39, 0.29) is 11.9 Å². The molecule has 0 saturated carbocycles. The van der Waals surface area contributed by atoms with E-state index in [2.05, 4.69) is 4.98 Å². The van der Waals surface area contributed by atoms with Crippen molar-refractivity contribution in [1.82, 2.24) is 14.9 Å². The molecule has 2 aromatic carbocycles. The third-order valence-electron chi connectivity index (χ3n) is 5.17. The van der Waals surface area contributed by atoms with Crippen molar-refractivity contribution in [1.29, 1.82) is 0 Å². The molecule has 0 fully saturated rings. The summed E-state index contributed by atoms with van der Waals surface area (Å²) < 4.78 is 19.4. The zero-order valence-corrected chi connectivity index (χ0v) is 19.6. The number of nitrogens with zero attached hydrogens (tertiary/aromatic N) is 3. The highest BCUT2D eigenvalue weighted by Crippen LogP contribution is 2.23. The van der Waals surface area contributed by atoms with Gasteiger partial charge in [0, 0.05) is 40.9 Å². The van der Waals surface area contributed by atoms with Gasteiger partial charge in [0.1, 0.15) is 11.4 Å². The van der Waals surface area contributed by atoms with Gasteiger partial charge in [-0.1, -0.05) is 54.1 Å².